The van der Waals surface area contributed by atoms with E-state index in [1.165, 1.54) is 21.5 Å². The van der Waals surface area contributed by atoms with Gasteiger partial charge < -0.3 is 13.7 Å². The second kappa shape index (κ2) is 15.6. The molecule has 0 saturated heterocycles. The highest BCUT2D eigenvalue weighted by molar-refractivity contribution is 6.20. The summed E-state index contributed by atoms with van der Waals surface area (Å²) in [5.41, 5.74) is 14.6. The van der Waals surface area contributed by atoms with Crippen molar-refractivity contribution in [2.45, 2.75) is 0 Å². The average Bonchev–Trinajstić information content (AvgIpc) is 4.06. The van der Waals surface area contributed by atoms with Crippen molar-refractivity contribution in [1.29, 1.82) is 0 Å². The second-order valence-electron chi connectivity index (χ2n) is 17.6. The first-order valence-electron chi connectivity index (χ1n) is 23.4. The summed E-state index contributed by atoms with van der Waals surface area (Å²) in [5.74, 6) is 1.78. The van der Waals surface area contributed by atoms with Gasteiger partial charge in [-0.2, -0.15) is 0 Å². The van der Waals surface area contributed by atoms with Crippen molar-refractivity contribution >= 4 is 65.4 Å². The Hall–Kier alpha value is -9.39. The zero-order chi connectivity index (χ0) is 45.4. The number of hydrogen-bond acceptors (Lipinski definition) is 3. The van der Waals surface area contributed by atoms with E-state index >= 15 is 0 Å². The van der Waals surface area contributed by atoms with Crippen molar-refractivity contribution in [3.05, 3.63) is 243 Å². The highest BCUT2D eigenvalue weighted by atomic mass is 15.1. The van der Waals surface area contributed by atoms with Gasteiger partial charge in [0.1, 0.15) is 0 Å². The number of aromatic nitrogens is 6. The molecule has 4 aromatic heterocycles. The van der Waals surface area contributed by atoms with Crippen LogP contribution < -0.4 is 0 Å². The summed E-state index contributed by atoms with van der Waals surface area (Å²) in [7, 11) is 0. The van der Waals surface area contributed by atoms with Gasteiger partial charge in [0, 0.05) is 60.4 Å². The van der Waals surface area contributed by atoms with Crippen molar-refractivity contribution in [2.75, 3.05) is 0 Å². The van der Waals surface area contributed by atoms with Crippen molar-refractivity contribution in [2.24, 2.45) is 0 Å². The van der Waals surface area contributed by atoms with Crippen LogP contribution in [0.1, 0.15) is 0 Å². The molecule has 0 N–H and O–H groups in total. The molecule has 14 rings (SSSR count). The Morgan fingerprint density at radius 2 is 0.652 bits per heavy atom. The Kier molecular flexibility index (Phi) is 8.79. The van der Waals surface area contributed by atoms with Gasteiger partial charge in [-0.05, 0) is 72.3 Å². The minimum Gasteiger partial charge on any atom is -0.309 e. The fourth-order valence-corrected chi connectivity index (χ4v) is 10.7. The molecule has 0 unspecified atom stereocenters. The van der Waals surface area contributed by atoms with Crippen molar-refractivity contribution < 1.29 is 0 Å². The largest absolute Gasteiger partial charge is 0.309 e. The fourth-order valence-electron chi connectivity index (χ4n) is 10.7. The van der Waals surface area contributed by atoms with Gasteiger partial charge in [0.15, 0.2) is 17.5 Å². The van der Waals surface area contributed by atoms with Crippen LogP contribution in [0, 0.1) is 0 Å². The van der Waals surface area contributed by atoms with Crippen LogP contribution >= 0.6 is 0 Å². The molecule has 0 spiro atoms. The molecule has 0 fully saturated rings. The molecule has 0 bridgehead atoms. The zero-order valence-corrected chi connectivity index (χ0v) is 37.3. The molecule has 10 aromatic carbocycles. The van der Waals surface area contributed by atoms with E-state index < -0.39 is 0 Å². The molecule has 69 heavy (non-hydrogen) atoms. The summed E-state index contributed by atoms with van der Waals surface area (Å²) in [6.07, 6.45) is 0. The maximum atomic E-state index is 5.60. The van der Waals surface area contributed by atoms with Gasteiger partial charge in [0.25, 0.3) is 0 Å². The molecule has 14 aromatic rings. The lowest BCUT2D eigenvalue weighted by atomic mass is 9.94. The number of nitrogens with zero attached hydrogens (tertiary/aromatic N) is 6. The smallest absolute Gasteiger partial charge is 0.168 e. The van der Waals surface area contributed by atoms with E-state index in [9.17, 15) is 0 Å². The second-order valence-corrected chi connectivity index (χ2v) is 17.6. The Balaban J connectivity index is 1.22. The van der Waals surface area contributed by atoms with Crippen LogP contribution in [0.4, 0.5) is 0 Å². The number of rotatable bonds is 7. The Morgan fingerprint density at radius 1 is 0.261 bits per heavy atom. The highest BCUT2D eigenvalue weighted by Crippen LogP contribution is 2.49. The Labute approximate surface area is 397 Å². The van der Waals surface area contributed by atoms with E-state index in [-0.39, 0.29) is 0 Å². The van der Waals surface area contributed by atoms with Gasteiger partial charge in [-0.15, -0.1) is 0 Å². The standard InChI is InChI=1S/C63H40N6/c1-5-21-41(22-6-1)61-64-62(42-23-7-2-8-24-42)66-63(65-61)58-59(69-55-35-19-13-29-46(55)47-30-14-20-36-56(47)69)50(40-52-49-32-16-18-34-54(49)68(60(52)58)45-27-11-4-12-28-45)43-37-38-57-51(39-43)48-31-15-17-33-53(48)67(57)44-25-9-3-10-26-44/h1-40H. The number of fused-ring (bicyclic) bond motifs is 9. The van der Waals surface area contributed by atoms with Crippen LogP contribution in [0.3, 0.4) is 0 Å². The molecule has 4 heterocycles. The average molecular weight is 881 g/mol. The molecular formula is C63H40N6. The van der Waals surface area contributed by atoms with Gasteiger partial charge in [0.05, 0.1) is 44.4 Å². The van der Waals surface area contributed by atoms with Crippen molar-refractivity contribution in [3.63, 3.8) is 0 Å². The Morgan fingerprint density at radius 3 is 1.19 bits per heavy atom. The lowest BCUT2D eigenvalue weighted by Crippen LogP contribution is -2.07. The zero-order valence-electron chi connectivity index (χ0n) is 37.3. The molecule has 6 nitrogen and oxygen atoms in total. The summed E-state index contributed by atoms with van der Waals surface area (Å²) in [4.78, 5) is 16.4. The minimum absolute atomic E-state index is 0.577. The molecule has 0 radical (unpaired) electrons. The van der Waals surface area contributed by atoms with Gasteiger partial charge in [-0.3, -0.25) is 0 Å². The van der Waals surface area contributed by atoms with Crippen LogP contribution in [-0.4, -0.2) is 28.7 Å². The summed E-state index contributed by atoms with van der Waals surface area (Å²) < 4.78 is 7.25. The van der Waals surface area contributed by atoms with Gasteiger partial charge in [0.2, 0.25) is 0 Å². The molecule has 0 aliphatic rings. The SMILES string of the molecule is c1ccc(-c2nc(-c3ccccc3)nc(-c3c(-n4c5ccccc5c5ccccc54)c(-c4ccc5c(c4)c4ccccc4n5-c4ccccc4)cc4c5ccccc5n(-c5ccccc5)c34)n2)cc1. The van der Waals surface area contributed by atoms with Crippen molar-refractivity contribution in [3.8, 4) is 62.4 Å². The maximum absolute atomic E-state index is 5.60. The normalized spacial score (nSPS) is 11.8. The predicted octanol–water partition coefficient (Wildman–Crippen LogP) is 15.8. The maximum Gasteiger partial charge on any atom is 0.168 e. The van der Waals surface area contributed by atoms with Crippen LogP contribution in [0.5, 0.6) is 0 Å². The third-order valence-corrected chi connectivity index (χ3v) is 13.7. The summed E-state index contributed by atoms with van der Waals surface area (Å²) >= 11 is 0. The van der Waals surface area contributed by atoms with Crippen molar-refractivity contribution in [1.82, 2.24) is 28.7 Å². The molecule has 322 valence electrons. The van der Waals surface area contributed by atoms with Gasteiger partial charge in [-0.1, -0.05) is 176 Å². The highest BCUT2D eigenvalue weighted by Gasteiger charge is 2.29. The van der Waals surface area contributed by atoms with E-state index in [0.29, 0.717) is 17.5 Å². The topological polar surface area (TPSA) is 53.5 Å². The summed E-state index contributed by atoms with van der Waals surface area (Å²) in [5, 5.41) is 6.93. The lowest BCUT2D eigenvalue weighted by molar-refractivity contribution is 1.06. The van der Waals surface area contributed by atoms with E-state index in [0.717, 1.165) is 88.8 Å². The quantitative estimate of drug-likeness (QED) is 0.160. The van der Waals surface area contributed by atoms with E-state index in [1.807, 2.05) is 36.4 Å². The van der Waals surface area contributed by atoms with E-state index in [1.54, 1.807) is 0 Å². The number of hydrogen-bond donors (Lipinski definition) is 0. The monoisotopic (exact) mass is 880 g/mol. The lowest BCUT2D eigenvalue weighted by Gasteiger charge is -2.22. The molecular weight excluding hydrogens is 841 g/mol. The molecule has 0 aliphatic heterocycles. The van der Waals surface area contributed by atoms with E-state index in [4.69, 9.17) is 15.0 Å². The first kappa shape index (κ1) is 38.8. The van der Waals surface area contributed by atoms with Crippen LogP contribution in [0.2, 0.25) is 0 Å². The first-order chi connectivity index (χ1) is 34.3. The number of para-hydroxylation sites is 6. The van der Waals surface area contributed by atoms with E-state index in [2.05, 4.69) is 220 Å². The Bertz CT molecular complexity index is 4170. The molecule has 0 aliphatic carbocycles. The molecule has 0 saturated carbocycles. The number of benzene rings is 10. The van der Waals surface area contributed by atoms with Crippen LogP contribution in [0.25, 0.3) is 128 Å². The van der Waals surface area contributed by atoms with Crippen LogP contribution in [0.15, 0.2) is 243 Å². The summed E-state index contributed by atoms with van der Waals surface area (Å²) in [6.45, 7) is 0. The molecule has 0 amide bonds. The first-order valence-corrected chi connectivity index (χ1v) is 23.4. The summed E-state index contributed by atoms with van der Waals surface area (Å²) in [6, 6.07) is 86.4. The molecule has 0 atom stereocenters. The third-order valence-electron chi connectivity index (χ3n) is 13.7. The minimum atomic E-state index is 0.577. The predicted molar refractivity (Wildman–Crippen MR) is 285 cm³/mol. The third kappa shape index (κ3) is 6.09. The fraction of sp³-hybridized carbons (Fsp3) is 0. The van der Waals surface area contributed by atoms with Gasteiger partial charge in [-0.25, -0.2) is 15.0 Å². The van der Waals surface area contributed by atoms with Gasteiger partial charge >= 0.3 is 0 Å². The molecule has 6 heteroatoms. The van der Waals surface area contributed by atoms with Crippen LogP contribution in [-0.2, 0) is 0 Å².